The van der Waals surface area contributed by atoms with E-state index in [1.54, 1.807) is 0 Å². The van der Waals surface area contributed by atoms with E-state index in [1.807, 2.05) is 30.2 Å². The molecule has 1 aromatic heterocycles. The Kier molecular flexibility index (Phi) is 5.41. The molecule has 2 aliphatic rings. The Morgan fingerprint density at radius 3 is 2.72 bits per heavy atom. The Hall–Kier alpha value is -1.50. The highest BCUT2D eigenvalue weighted by Gasteiger charge is 2.52. The summed E-state index contributed by atoms with van der Waals surface area (Å²) in [7, 11) is 1.54. The molecule has 3 heterocycles. The van der Waals surface area contributed by atoms with Crippen LogP contribution in [0.4, 0.5) is 0 Å². The second-order valence-corrected chi connectivity index (χ2v) is 7.84. The Morgan fingerprint density at radius 2 is 2.12 bits per heavy atom. The van der Waals surface area contributed by atoms with Gasteiger partial charge in [0.2, 0.25) is 5.91 Å². The molecule has 1 N–H and O–H groups in total. The van der Waals surface area contributed by atoms with Crippen molar-refractivity contribution in [2.45, 2.75) is 38.3 Å². The third kappa shape index (κ3) is 3.86. The monoisotopic (exact) mass is 347 g/mol. The van der Waals surface area contributed by atoms with Crippen LogP contribution in [-0.4, -0.2) is 71.3 Å². The first-order valence-electron chi connectivity index (χ1n) is 9.03. The highest BCUT2D eigenvalue weighted by atomic mass is 16.5. The van der Waals surface area contributed by atoms with Crippen molar-refractivity contribution in [1.29, 1.82) is 0 Å². The molecule has 1 spiro atoms. The van der Waals surface area contributed by atoms with Crippen molar-refractivity contribution in [1.82, 2.24) is 14.8 Å². The van der Waals surface area contributed by atoms with E-state index in [1.165, 1.54) is 7.11 Å². The number of nitrogens with zero attached hydrogens (tertiary/aromatic N) is 3. The van der Waals surface area contributed by atoms with Gasteiger partial charge in [-0.3, -0.25) is 14.7 Å². The minimum Gasteiger partial charge on any atom is -0.394 e. The van der Waals surface area contributed by atoms with Gasteiger partial charge in [0.25, 0.3) is 0 Å². The average molecular weight is 347 g/mol. The summed E-state index contributed by atoms with van der Waals surface area (Å²) >= 11 is 0. The number of aliphatic hydroxyl groups excluding tert-OH is 1. The van der Waals surface area contributed by atoms with Crippen LogP contribution in [0.1, 0.15) is 31.9 Å². The summed E-state index contributed by atoms with van der Waals surface area (Å²) in [4.78, 5) is 21.1. The number of amides is 1. The predicted octanol–water partition coefficient (Wildman–Crippen LogP) is 1.29. The van der Waals surface area contributed by atoms with E-state index in [9.17, 15) is 9.90 Å². The number of hydrogen-bond donors (Lipinski definition) is 1. The number of aliphatic hydroxyl groups is 1. The number of carbonyl (C=O) groups is 1. The van der Waals surface area contributed by atoms with Gasteiger partial charge in [-0.25, -0.2) is 0 Å². The summed E-state index contributed by atoms with van der Waals surface area (Å²) in [6, 6.07) is 6.03. The fourth-order valence-corrected chi connectivity index (χ4v) is 4.46. The normalized spacial score (nSPS) is 26.3. The molecule has 138 valence electrons. The summed E-state index contributed by atoms with van der Waals surface area (Å²) in [6.07, 6.45) is 4.80. The van der Waals surface area contributed by atoms with Crippen molar-refractivity contribution in [3.05, 3.63) is 30.1 Å². The molecule has 3 rings (SSSR count). The van der Waals surface area contributed by atoms with Crippen molar-refractivity contribution >= 4 is 5.91 Å². The highest BCUT2D eigenvalue weighted by Crippen LogP contribution is 2.48. The molecule has 0 unspecified atom stereocenters. The molecule has 1 aromatic rings. The lowest BCUT2D eigenvalue weighted by atomic mass is 9.74. The maximum absolute atomic E-state index is 12.4. The van der Waals surface area contributed by atoms with E-state index in [0.29, 0.717) is 0 Å². The SMILES string of the molecule is COCC(=O)N1CC2(CCN(Cc3ccccn3)CC2)C[C@@]1(C)CO. The maximum atomic E-state index is 12.4. The number of hydrogen-bond acceptors (Lipinski definition) is 5. The molecule has 2 fully saturated rings. The molecule has 0 aromatic carbocycles. The zero-order valence-corrected chi connectivity index (χ0v) is 15.3. The summed E-state index contributed by atoms with van der Waals surface area (Å²) in [5.41, 5.74) is 0.738. The van der Waals surface area contributed by atoms with Crippen molar-refractivity contribution in [2.75, 3.05) is 40.0 Å². The summed E-state index contributed by atoms with van der Waals surface area (Å²) in [6.45, 7) is 5.69. The third-order valence-corrected chi connectivity index (χ3v) is 5.84. The van der Waals surface area contributed by atoms with E-state index in [-0.39, 0.29) is 24.5 Å². The Morgan fingerprint density at radius 1 is 1.36 bits per heavy atom. The number of rotatable bonds is 5. The Labute approximate surface area is 149 Å². The quantitative estimate of drug-likeness (QED) is 0.870. The van der Waals surface area contributed by atoms with Gasteiger partial charge in [-0.05, 0) is 56.8 Å². The zero-order valence-electron chi connectivity index (χ0n) is 15.3. The number of methoxy groups -OCH3 is 1. The Bertz CT molecular complexity index is 587. The molecule has 0 radical (unpaired) electrons. The molecule has 1 amide bonds. The third-order valence-electron chi connectivity index (χ3n) is 5.84. The number of piperidine rings is 1. The Balaban J connectivity index is 1.63. The summed E-state index contributed by atoms with van der Waals surface area (Å²) in [5, 5.41) is 9.92. The van der Waals surface area contributed by atoms with Gasteiger partial charge in [-0.15, -0.1) is 0 Å². The van der Waals surface area contributed by atoms with Crippen LogP contribution in [0.3, 0.4) is 0 Å². The van der Waals surface area contributed by atoms with E-state index < -0.39 is 5.54 Å². The highest BCUT2D eigenvalue weighted by molar-refractivity contribution is 5.78. The number of ether oxygens (including phenoxy) is 1. The van der Waals surface area contributed by atoms with Gasteiger partial charge in [0.05, 0.1) is 17.8 Å². The van der Waals surface area contributed by atoms with Crippen molar-refractivity contribution in [3.63, 3.8) is 0 Å². The maximum Gasteiger partial charge on any atom is 0.249 e. The molecule has 25 heavy (non-hydrogen) atoms. The van der Waals surface area contributed by atoms with Crippen LogP contribution in [0.25, 0.3) is 0 Å². The second-order valence-electron chi connectivity index (χ2n) is 7.84. The zero-order chi connectivity index (χ0) is 17.9. The standard InChI is InChI=1S/C19H29N3O3/c1-18(15-23)13-19(14-22(18)17(24)12-25-2)6-9-21(10-7-19)11-16-5-3-4-8-20-16/h3-5,8,23H,6-7,9-15H2,1-2H3/t18-/m0/s1. The molecule has 6 heteroatoms. The van der Waals surface area contributed by atoms with Crippen molar-refractivity contribution < 1.29 is 14.6 Å². The van der Waals surface area contributed by atoms with Crippen molar-refractivity contribution in [3.8, 4) is 0 Å². The van der Waals surface area contributed by atoms with Gasteiger partial charge >= 0.3 is 0 Å². The molecule has 2 saturated heterocycles. The van der Waals surface area contributed by atoms with E-state index >= 15 is 0 Å². The first-order valence-corrected chi connectivity index (χ1v) is 9.03. The molecule has 2 aliphatic heterocycles. The van der Waals surface area contributed by atoms with Crippen LogP contribution in [0.15, 0.2) is 24.4 Å². The van der Waals surface area contributed by atoms with Crippen molar-refractivity contribution in [2.24, 2.45) is 5.41 Å². The van der Waals surface area contributed by atoms with Crippen LogP contribution in [0, 0.1) is 5.41 Å². The van der Waals surface area contributed by atoms with E-state index in [0.717, 1.165) is 51.1 Å². The molecular formula is C19H29N3O3. The lowest BCUT2D eigenvalue weighted by molar-refractivity contribution is -0.140. The summed E-state index contributed by atoms with van der Waals surface area (Å²) < 4.78 is 5.03. The van der Waals surface area contributed by atoms with Gasteiger partial charge in [-0.2, -0.15) is 0 Å². The van der Waals surface area contributed by atoms with Crippen LogP contribution in [0.2, 0.25) is 0 Å². The second kappa shape index (κ2) is 7.40. The number of aromatic nitrogens is 1. The molecule has 0 aliphatic carbocycles. The molecule has 0 bridgehead atoms. The number of likely N-dealkylation sites (tertiary alicyclic amines) is 2. The summed E-state index contributed by atoms with van der Waals surface area (Å²) in [5.74, 6) is -0.0214. The predicted molar refractivity (Wildman–Crippen MR) is 94.9 cm³/mol. The van der Waals surface area contributed by atoms with Crippen LogP contribution in [0.5, 0.6) is 0 Å². The number of carbonyl (C=O) groups excluding carboxylic acids is 1. The smallest absolute Gasteiger partial charge is 0.249 e. The first kappa shape index (κ1) is 18.3. The fourth-order valence-electron chi connectivity index (χ4n) is 4.46. The van der Waals surface area contributed by atoms with E-state index in [2.05, 4.69) is 16.0 Å². The molecule has 0 saturated carbocycles. The minimum atomic E-state index is -0.473. The van der Waals surface area contributed by atoms with Gasteiger partial charge in [0, 0.05) is 26.4 Å². The van der Waals surface area contributed by atoms with Gasteiger partial charge < -0.3 is 14.7 Å². The van der Waals surface area contributed by atoms with E-state index in [4.69, 9.17) is 4.74 Å². The first-order chi connectivity index (χ1) is 12.0. The van der Waals surface area contributed by atoms with Crippen LogP contribution >= 0.6 is 0 Å². The molecule has 6 nitrogen and oxygen atoms in total. The van der Waals surface area contributed by atoms with Gasteiger partial charge in [0.1, 0.15) is 6.61 Å². The number of pyridine rings is 1. The topological polar surface area (TPSA) is 65.9 Å². The molecule has 1 atom stereocenters. The lowest BCUT2D eigenvalue weighted by Crippen LogP contribution is -2.49. The van der Waals surface area contributed by atoms with Crippen LogP contribution in [-0.2, 0) is 16.1 Å². The minimum absolute atomic E-state index is 0.00184. The lowest BCUT2D eigenvalue weighted by Gasteiger charge is -2.39. The average Bonchev–Trinajstić information content (AvgIpc) is 2.92. The molecular weight excluding hydrogens is 318 g/mol. The van der Waals surface area contributed by atoms with Gasteiger partial charge in [-0.1, -0.05) is 6.07 Å². The fraction of sp³-hybridized carbons (Fsp3) is 0.684. The van der Waals surface area contributed by atoms with Crippen LogP contribution < -0.4 is 0 Å². The van der Waals surface area contributed by atoms with Gasteiger partial charge in [0.15, 0.2) is 0 Å². The largest absolute Gasteiger partial charge is 0.394 e.